The zero-order chi connectivity index (χ0) is 11.4. The first-order chi connectivity index (χ1) is 6.54. The van der Waals surface area contributed by atoms with Crippen LogP contribution in [0.3, 0.4) is 0 Å². The summed E-state index contributed by atoms with van der Waals surface area (Å²) in [6.07, 6.45) is 0. The number of thiocarbonyl (C=S) groups is 2. The molecule has 6 nitrogen and oxygen atoms in total. The van der Waals surface area contributed by atoms with E-state index >= 15 is 0 Å². The molecule has 0 aliphatic heterocycles. The number of hydrogen-bond donors (Lipinski definition) is 2. The van der Waals surface area contributed by atoms with E-state index in [4.69, 9.17) is 11.5 Å². The van der Waals surface area contributed by atoms with Crippen LogP contribution in [0.4, 0.5) is 0 Å². The van der Waals surface area contributed by atoms with Crippen LogP contribution < -0.4 is 11.5 Å². The Balaban J connectivity index is -0.000000180. The van der Waals surface area contributed by atoms with Crippen molar-refractivity contribution in [2.24, 2.45) is 31.9 Å². The molecule has 0 rings (SSSR count). The molecule has 9 heteroatoms. The van der Waals surface area contributed by atoms with E-state index in [0.717, 1.165) is 0 Å². The second-order valence-electron chi connectivity index (χ2n) is 1.62. The Morgan fingerprint density at radius 2 is 1.20 bits per heavy atom. The Kier molecular flexibility index (Phi) is 20.7. The minimum absolute atomic E-state index is 0. The molecule has 15 heavy (non-hydrogen) atoms. The molecule has 0 aromatic carbocycles. The van der Waals surface area contributed by atoms with Gasteiger partial charge in [-0.2, -0.15) is 24.1 Å². The fraction of sp³-hybridized carbons (Fsp3) is 0.333. The Morgan fingerprint density at radius 3 is 1.27 bits per heavy atom. The van der Waals surface area contributed by atoms with Gasteiger partial charge in [-0.1, -0.05) is 0 Å². The summed E-state index contributed by atoms with van der Waals surface area (Å²) in [5.74, 6) is 0. The van der Waals surface area contributed by atoms with E-state index in [1.807, 2.05) is 0 Å². The fourth-order valence-corrected chi connectivity index (χ4v) is 0.324. The zero-order valence-electron chi connectivity index (χ0n) is 8.27. The first-order valence-corrected chi connectivity index (χ1v) is 4.32. The molecule has 0 saturated heterocycles. The molecule has 0 aromatic rings. The van der Waals surface area contributed by atoms with Crippen LogP contribution in [0, 0.1) is 13.1 Å². The number of rotatable bonds is 2. The molecule has 0 amide bonds. The maximum absolute atomic E-state index is 4.93. The van der Waals surface area contributed by atoms with Gasteiger partial charge < -0.3 is 21.7 Å². The molecular weight excluding hydrogens is 276 g/mol. The smallest absolute Gasteiger partial charge is 0.373 e. The summed E-state index contributed by atoms with van der Waals surface area (Å²) in [6, 6.07) is 0. The molecule has 86 valence electrons. The Hall–Kier alpha value is -0.761. The van der Waals surface area contributed by atoms with Gasteiger partial charge in [-0.05, 0) is 24.4 Å². The van der Waals surface area contributed by atoms with Gasteiger partial charge in [0.1, 0.15) is 0 Å². The van der Waals surface area contributed by atoms with Crippen LogP contribution in [-0.4, -0.2) is 10.2 Å². The van der Waals surface area contributed by atoms with Crippen molar-refractivity contribution < 1.29 is 17.1 Å². The molecule has 0 bridgehead atoms. The first kappa shape index (κ1) is 19.8. The second-order valence-corrected chi connectivity index (χ2v) is 2.46. The van der Waals surface area contributed by atoms with E-state index in [-0.39, 0.29) is 27.3 Å². The molecule has 0 aliphatic rings. The third-order valence-electron chi connectivity index (χ3n) is 0.544. The second kappa shape index (κ2) is 15.7. The van der Waals surface area contributed by atoms with Gasteiger partial charge in [-0.3, -0.25) is 13.1 Å². The van der Waals surface area contributed by atoms with Crippen molar-refractivity contribution in [3.63, 3.8) is 0 Å². The number of nitrogens with zero attached hydrogens (tertiary/aromatic N) is 4. The van der Waals surface area contributed by atoms with Crippen molar-refractivity contribution in [1.82, 2.24) is 0 Å². The summed E-state index contributed by atoms with van der Waals surface area (Å²) < 4.78 is 0. The molecule has 0 unspecified atom stereocenters. The fourth-order valence-electron chi connectivity index (χ4n) is 0.229. The van der Waals surface area contributed by atoms with E-state index in [1.54, 1.807) is 13.8 Å². The van der Waals surface area contributed by atoms with Crippen molar-refractivity contribution in [3.8, 4) is 0 Å². The van der Waals surface area contributed by atoms with Crippen LogP contribution in [0.2, 0.25) is 0 Å². The van der Waals surface area contributed by atoms with Gasteiger partial charge in [-0.15, -0.1) is 0 Å². The summed E-state index contributed by atoms with van der Waals surface area (Å²) in [4.78, 5) is 0. The zero-order valence-corrected chi connectivity index (χ0v) is 11.0. The minimum atomic E-state index is 0. The third-order valence-corrected chi connectivity index (χ3v) is 0.707. The van der Waals surface area contributed by atoms with E-state index in [2.05, 4.69) is 44.9 Å². The van der Waals surface area contributed by atoms with Gasteiger partial charge in [0, 0.05) is 0 Å². The number of nitrogens with two attached hydrogens (primary N) is 2. The molecule has 0 saturated carbocycles. The van der Waals surface area contributed by atoms with Crippen molar-refractivity contribution >= 4 is 34.7 Å². The summed E-state index contributed by atoms with van der Waals surface area (Å²) in [5.41, 5.74) is 9.86. The molecule has 4 N–H and O–H groups in total. The Bertz CT molecular complexity index is 206. The van der Waals surface area contributed by atoms with Gasteiger partial charge >= 0.3 is 17.1 Å². The van der Waals surface area contributed by atoms with Crippen molar-refractivity contribution in [2.45, 2.75) is 13.8 Å². The first-order valence-electron chi connectivity index (χ1n) is 3.50. The van der Waals surface area contributed by atoms with Crippen LogP contribution >= 0.6 is 24.4 Å². The van der Waals surface area contributed by atoms with Crippen LogP contribution in [-0.2, 0) is 17.1 Å². The van der Waals surface area contributed by atoms with Crippen LogP contribution in [0.25, 0.3) is 0 Å². The van der Waals surface area contributed by atoms with Crippen LogP contribution in [0.15, 0.2) is 20.5 Å². The SMILES string of the molecule is C[CH-]N=NC(N)=S.C[CH-]N=NC(N)=S.[Fe+2]. The summed E-state index contributed by atoms with van der Waals surface area (Å²) >= 11 is 8.72. The van der Waals surface area contributed by atoms with Gasteiger partial charge in [-0.25, -0.2) is 0 Å². The predicted molar refractivity (Wildman–Crippen MR) is 63.2 cm³/mol. The number of hydrogen-bond acceptors (Lipinski definition) is 4. The van der Waals surface area contributed by atoms with E-state index in [1.165, 1.54) is 13.1 Å². The molecule has 0 spiro atoms. The molecule has 0 heterocycles. The van der Waals surface area contributed by atoms with E-state index < -0.39 is 0 Å². The van der Waals surface area contributed by atoms with Gasteiger partial charge in [0.05, 0.1) is 0 Å². The van der Waals surface area contributed by atoms with Crippen molar-refractivity contribution in [3.05, 3.63) is 13.1 Å². The number of azo groups is 2. The average molecular weight is 288 g/mol. The monoisotopic (exact) mass is 288 g/mol. The normalized spacial score (nSPS) is 8.67. The largest absolute Gasteiger partial charge is 2.00 e. The predicted octanol–water partition coefficient (Wildman–Crippen LogP) is 1.73. The summed E-state index contributed by atoms with van der Waals surface area (Å²) in [6.45, 7) is 6.50. The molecule has 0 atom stereocenters. The molecule has 0 aromatic heterocycles. The summed E-state index contributed by atoms with van der Waals surface area (Å²) in [5, 5.41) is 13.6. The Labute approximate surface area is 110 Å². The van der Waals surface area contributed by atoms with Gasteiger partial charge in [0.15, 0.2) is 0 Å². The maximum Gasteiger partial charge on any atom is 2.00 e. The van der Waals surface area contributed by atoms with E-state index in [9.17, 15) is 0 Å². The van der Waals surface area contributed by atoms with E-state index in [0.29, 0.717) is 0 Å². The molecule has 0 aliphatic carbocycles. The van der Waals surface area contributed by atoms with Gasteiger partial charge in [0.2, 0.25) is 10.2 Å². The minimum Gasteiger partial charge on any atom is -0.373 e. The molecular formula is C6H12FeN6S2. The standard InChI is InChI=1S/2C3H6N3S.Fe/c2*1-2-5-6-3(4)7;/h2*2H,1H3,(H2,4,7);/q2*-1;+2. The molecule has 0 radical (unpaired) electrons. The maximum atomic E-state index is 4.93. The van der Waals surface area contributed by atoms with Crippen molar-refractivity contribution in [2.75, 3.05) is 0 Å². The summed E-state index contributed by atoms with van der Waals surface area (Å²) in [7, 11) is 0. The Morgan fingerprint density at radius 1 is 0.933 bits per heavy atom. The van der Waals surface area contributed by atoms with Crippen molar-refractivity contribution in [1.29, 1.82) is 0 Å². The molecule has 0 fully saturated rings. The van der Waals surface area contributed by atoms with Crippen LogP contribution in [0.5, 0.6) is 0 Å². The van der Waals surface area contributed by atoms with Crippen LogP contribution in [0.1, 0.15) is 13.8 Å². The average Bonchev–Trinajstić information content (AvgIpc) is 2.12. The van der Waals surface area contributed by atoms with Gasteiger partial charge in [0.25, 0.3) is 0 Å². The third kappa shape index (κ3) is 31.9. The quantitative estimate of drug-likeness (QED) is 0.349. The topological polar surface area (TPSA) is 101 Å².